The summed E-state index contributed by atoms with van der Waals surface area (Å²) in [6.45, 7) is 10.8. The lowest BCUT2D eigenvalue weighted by Crippen LogP contribution is -2.62. The van der Waals surface area contributed by atoms with E-state index < -0.39 is 0 Å². The molecule has 2 aliphatic heterocycles. The quantitative estimate of drug-likeness (QED) is 0.822. The van der Waals surface area contributed by atoms with Crippen molar-refractivity contribution >= 4 is 0 Å². The van der Waals surface area contributed by atoms with E-state index in [1.165, 1.54) is 25.7 Å². The highest BCUT2D eigenvalue weighted by molar-refractivity contribution is 5.00. The monoisotopic (exact) mass is 296 g/mol. The van der Waals surface area contributed by atoms with Gasteiger partial charge in [-0.1, -0.05) is 0 Å². The lowest BCUT2D eigenvalue weighted by molar-refractivity contribution is -0.180. The van der Waals surface area contributed by atoms with Crippen molar-refractivity contribution in [3.05, 3.63) is 0 Å². The van der Waals surface area contributed by atoms with Crippen LogP contribution in [0.5, 0.6) is 0 Å². The van der Waals surface area contributed by atoms with Crippen molar-refractivity contribution in [2.45, 2.75) is 95.2 Å². The highest BCUT2D eigenvalue weighted by Crippen LogP contribution is 2.37. The van der Waals surface area contributed by atoms with Crippen molar-refractivity contribution in [2.75, 3.05) is 13.2 Å². The van der Waals surface area contributed by atoms with Crippen molar-refractivity contribution in [2.24, 2.45) is 0 Å². The normalized spacial score (nSPS) is 32.6. The Balaban J connectivity index is 1.53. The molecule has 0 aromatic heterocycles. The molecule has 1 spiro atoms. The predicted molar refractivity (Wildman–Crippen MR) is 84.3 cm³/mol. The molecule has 1 aliphatic carbocycles. The number of nitrogens with one attached hydrogen (secondary N) is 2. The maximum atomic E-state index is 5.83. The molecule has 2 heterocycles. The lowest BCUT2D eigenvalue weighted by atomic mass is 9.78. The molecule has 4 heteroatoms. The molecule has 0 aromatic rings. The fourth-order valence-corrected chi connectivity index (χ4v) is 4.78. The largest absolute Gasteiger partial charge is 0.348 e. The zero-order chi connectivity index (χ0) is 15.1. The van der Waals surface area contributed by atoms with E-state index in [-0.39, 0.29) is 16.9 Å². The Morgan fingerprint density at radius 3 is 1.90 bits per heavy atom. The van der Waals surface area contributed by atoms with E-state index in [9.17, 15) is 0 Å². The Labute approximate surface area is 129 Å². The molecule has 0 aromatic carbocycles. The number of hydrogen-bond acceptors (Lipinski definition) is 4. The van der Waals surface area contributed by atoms with Crippen molar-refractivity contribution < 1.29 is 9.47 Å². The molecule has 1 saturated carbocycles. The Bertz CT molecular complexity index is 349. The third-order valence-corrected chi connectivity index (χ3v) is 5.22. The first-order chi connectivity index (χ1) is 9.78. The summed E-state index contributed by atoms with van der Waals surface area (Å²) in [6.07, 6.45) is 6.83. The Kier molecular flexibility index (Phi) is 4.11. The highest BCUT2D eigenvalue weighted by atomic mass is 16.7. The molecule has 0 unspecified atom stereocenters. The number of piperidine rings is 1. The molecule has 0 amide bonds. The van der Waals surface area contributed by atoms with Crippen molar-refractivity contribution in [3.63, 3.8) is 0 Å². The van der Waals surface area contributed by atoms with Gasteiger partial charge in [-0.3, -0.25) is 0 Å². The standard InChI is InChI=1S/C17H32N2O2/c1-15(2)11-14(12-16(3,4)19-15)18-13-5-7-17(8-6-13)20-9-10-21-17/h13-14,18-19H,5-12H2,1-4H3. The maximum Gasteiger partial charge on any atom is 0.168 e. The first-order valence-corrected chi connectivity index (χ1v) is 8.61. The molecular weight excluding hydrogens is 264 g/mol. The Hall–Kier alpha value is -0.160. The SMILES string of the molecule is CC1(C)CC(NC2CCC3(CC2)OCCO3)CC(C)(C)N1. The van der Waals surface area contributed by atoms with Crippen LogP contribution in [0.3, 0.4) is 0 Å². The van der Waals surface area contributed by atoms with Gasteiger partial charge in [-0.2, -0.15) is 0 Å². The van der Waals surface area contributed by atoms with Gasteiger partial charge in [-0.05, 0) is 53.4 Å². The molecule has 122 valence electrons. The summed E-state index contributed by atoms with van der Waals surface area (Å²) >= 11 is 0. The van der Waals surface area contributed by atoms with E-state index in [2.05, 4.69) is 38.3 Å². The van der Waals surface area contributed by atoms with Gasteiger partial charge in [0.25, 0.3) is 0 Å². The molecule has 0 radical (unpaired) electrons. The molecule has 0 atom stereocenters. The fraction of sp³-hybridized carbons (Fsp3) is 1.00. The average molecular weight is 296 g/mol. The van der Waals surface area contributed by atoms with Gasteiger partial charge in [0, 0.05) is 36.0 Å². The zero-order valence-electron chi connectivity index (χ0n) is 14.1. The summed E-state index contributed by atoms with van der Waals surface area (Å²) in [5, 5.41) is 7.68. The van der Waals surface area contributed by atoms with Crippen LogP contribution in [-0.4, -0.2) is 42.2 Å². The molecule has 3 fully saturated rings. The summed E-state index contributed by atoms with van der Waals surface area (Å²) in [5.41, 5.74) is 0.431. The second kappa shape index (κ2) is 5.48. The third-order valence-electron chi connectivity index (χ3n) is 5.22. The molecule has 4 nitrogen and oxygen atoms in total. The highest BCUT2D eigenvalue weighted by Gasteiger charge is 2.42. The topological polar surface area (TPSA) is 42.5 Å². The van der Waals surface area contributed by atoms with E-state index >= 15 is 0 Å². The van der Waals surface area contributed by atoms with E-state index in [1.54, 1.807) is 0 Å². The zero-order valence-corrected chi connectivity index (χ0v) is 14.1. The van der Waals surface area contributed by atoms with Crippen LogP contribution in [-0.2, 0) is 9.47 Å². The second-order valence-corrected chi connectivity index (χ2v) is 8.55. The first kappa shape index (κ1) is 15.7. The van der Waals surface area contributed by atoms with E-state index in [4.69, 9.17) is 9.47 Å². The summed E-state index contributed by atoms with van der Waals surface area (Å²) < 4.78 is 11.7. The van der Waals surface area contributed by atoms with Crippen LogP contribution in [0.2, 0.25) is 0 Å². The minimum Gasteiger partial charge on any atom is -0.348 e. The third kappa shape index (κ3) is 3.79. The summed E-state index contributed by atoms with van der Waals surface area (Å²) in [4.78, 5) is 0. The predicted octanol–water partition coefficient (Wildman–Crippen LogP) is 2.57. The molecule has 2 saturated heterocycles. The van der Waals surface area contributed by atoms with E-state index in [0.717, 1.165) is 26.1 Å². The van der Waals surface area contributed by atoms with Gasteiger partial charge in [0.1, 0.15) is 0 Å². The average Bonchev–Trinajstić information content (AvgIpc) is 2.77. The Morgan fingerprint density at radius 2 is 1.38 bits per heavy atom. The van der Waals surface area contributed by atoms with Crippen molar-refractivity contribution in [1.82, 2.24) is 10.6 Å². The van der Waals surface area contributed by atoms with E-state index in [0.29, 0.717) is 12.1 Å². The molecule has 2 N–H and O–H groups in total. The van der Waals surface area contributed by atoms with Crippen LogP contribution in [0.15, 0.2) is 0 Å². The molecular formula is C17H32N2O2. The van der Waals surface area contributed by atoms with Gasteiger partial charge >= 0.3 is 0 Å². The van der Waals surface area contributed by atoms with Crippen LogP contribution in [0.25, 0.3) is 0 Å². The van der Waals surface area contributed by atoms with Crippen molar-refractivity contribution in [1.29, 1.82) is 0 Å². The van der Waals surface area contributed by atoms with Crippen LogP contribution in [0.4, 0.5) is 0 Å². The first-order valence-electron chi connectivity index (χ1n) is 8.61. The van der Waals surface area contributed by atoms with Gasteiger partial charge in [-0.25, -0.2) is 0 Å². The van der Waals surface area contributed by atoms with Gasteiger partial charge in [-0.15, -0.1) is 0 Å². The molecule has 3 aliphatic rings. The lowest BCUT2D eigenvalue weighted by Gasteiger charge is -2.48. The van der Waals surface area contributed by atoms with Crippen LogP contribution in [0.1, 0.15) is 66.2 Å². The summed E-state index contributed by atoms with van der Waals surface area (Å²) in [6, 6.07) is 1.24. The minimum absolute atomic E-state index is 0.215. The van der Waals surface area contributed by atoms with Crippen LogP contribution >= 0.6 is 0 Å². The van der Waals surface area contributed by atoms with Gasteiger partial charge < -0.3 is 20.1 Å². The number of hydrogen-bond donors (Lipinski definition) is 2. The smallest absolute Gasteiger partial charge is 0.168 e. The molecule has 3 rings (SSSR count). The Morgan fingerprint density at radius 1 is 0.857 bits per heavy atom. The maximum absolute atomic E-state index is 5.83. The van der Waals surface area contributed by atoms with Crippen LogP contribution < -0.4 is 10.6 Å². The van der Waals surface area contributed by atoms with Crippen molar-refractivity contribution in [3.8, 4) is 0 Å². The minimum atomic E-state index is -0.231. The summed E-state index contributed by atoms with van der Waals surface area (Å²) in [5.74, 6) is -0.231. The van der Waals surface area contributed by atoms with Gasteiger partial charge in [0.15, 0.2) is 5.79 Å². The molecule has 0 bridgehead atoms. The fourth-order valence-electron chi connectivity index (χ4n) is 4.78. The number of ether oxygens (including phenoxy) is 2. The number of rotatable bonds is 2. The van der Waals surface area contributed by atoms with Gasteiger partial charge in [0.05, 0.1) is 13.2 Å². The van der Waals surface area contributed by atoms with Crippen LogP contribution in [0, 0.1) is 0 Å². The summed E-state index contributed by atoms with van der Waals surface area (Å²) in [7, 11) is 0. The molecule has 21 heavy (non-hydrogen) atoms. The van der Waals surface area contributed by atoms with E-state index in [1.807, 2.05) is 0 Å². The van der Waals surface area contributed by atoms with Gasteiger partial charge in [0.2, 0.25) is 0 Å². The second-order valence-electron chi connectivity index (χ2n) is 8.55.